The van der Waals surface area contributed by atoms with Crippen LogP contribution in [0.4, 0.5) is 0 Å². The van der Waals surface area contributed by atoms with Gasteiger partial charge in [-0.25, -0.2) is 0 Å². The van der Waals surface area contributed by atoms with Crippen LogP contribution in [0.15, 0.2) is 35.6 Å². The number of benzene rings is 1. The Kier molecular flexibility index (Phi) is 9.15. The number of carbonyl (C=O) groups excluding carboxylic acids is 2. The van der Waals surface area contributed by atoms with E-state index in [9.17, 15) is 9.59 Å². The van der Waals surface area contributed by atoms with Crippen molar-refractivity contribution in [3.63, 3.8) is 0 Å². The third-order valence-electron chi connectivity index (χ3n) is 3.56. The zero-order valence-electron chi connectivity index (χ0n) is 16.0. The van der Waals surface area contributed by atoms with Crippen LogP contribution in [0.1, 0.15) is 43.6 Å². The second-order valence-corrected chi connectivity index (χ2v) is 5.15. The number of aldehydes is 1. The number of hydrogen-bond acceptors (Lipinski definition) is 6. The van der Waals surface area contributed by atoms with Crippen LogP contribution in [0.3, 0.4) is 0 Å². The Morgan fingerprint density at radius 2 is 1.85 bits per heavy atom. The van der Waals surface area contributed by atoms with Gasteiger partial charge in [0.2, 0.25) is 6.79 Å². The summed E-state index contributed by atoms with van der Waals surface area (Å²) >= 11 is 0. The predicted molar refractivity (Wildman–Crippen MR) is 98.5 cm³/mol. The van der Waals surface area contributed by atoms with Gasteiger partial charge in [-0.3, -0.25) is 9.59 Å². The fourth-order valence-corrected chi connectivity index (χ4v) is 2.20. The normalized spacial score (nSPS) is 16.0. The van der Waals surface area contributed by atoms with Crippen molar-refractivity contribution in [1.82, 2.24) is 0 Å². The summed E-state index contributed by atoms with van der Waals surface area (Å²) in [7, 11) is 0. The molecule has 2 aliphatic heterocycles. The lowest BCUT2D eigenvalue weighted by Crippen LogP contribution is -1.95. The Morgan fingerprint density at radius 1 is 1.12 bits per heavy atom. The SMILES string of the molecule is C/C=C(\C=C1/COCO1)C(C)=O.CC.Cc1c(C=O)ccc2c1OCO2. The van der Waals surface area contributed by atoms with Crippen molar-refractivity contribution in [1.29, 1.82) is 0 Å². The highest BCUT2D eigenvalue weighted by molar-refractivity contribution is 5.96. The average Bonchev–Trinajstić information content (AvgIpc) is 3.34. The highest BCUT2D eigenvalue weighted by Gasteiger charge is 2.17. The summed E-state index contributed by atoms with van der Waals surface area (Å²) < 4.78 is 20.4. The van der Waals surface area contributed by atoms with Crippen LogP contribution in [-0.4, -0.2) is 32.3 Å². The molecule has 2 aliphatic rings. The highest BCUT2D eigenvalue weighted by Crippen LogP contribution is 2.36. The second kappa shape index (κ2) is 11.1. The molecule has 1 aromatic carbocycles. The first-order valence-corrected chi connectivity index (χ1v) is 8.49. The van der Waals surface area contributed by atoms with E-state index in [1.165, 1.54) is 6.92 Å². The van der Waals surface area contributed by atoms with Gasteiger partial charge < -0.3 is 18.9 Å². The van der Waals surface area contributed by atoms with Crippen molar-refractivity contribution in [2.45, 2.75) is 34.6 Å². The molecule has 0 bridgehead atoms. The Balaban J connectivity index is 0.000000238. The van der Waals surface area contributed by atoms with Gasteiger partial charge in [0.25, 0.3) is 0 Å². The van der Waals surface area contributed by atoms with Crippen molar-refractivity contribution in [3.8, 4) is 11.5 Å². The zero-order chi connectivity index (χ0) is 19.5. The lowest BCUT2D eigenvalue weighted by atomic mass is 10.1. The molecular weight excluding hydrogens is 336 g/mol. The standard InChI is InChI=1S/C9H8O3.C9H12O3.C2H6/c1-6-7(4-10)2-3-8-9(6)12-5-11-8;1-3-8(7(2)10)4-9-5-11-6-12-9;1-2/h2-4H,5H2,1H3;3-4H,5-6H2,1-2H3;1-2H3/b;8-3+,9-4+;. The summed E-state index contributed by atoms with van der Waals surface area (Å²) in [5.41, 5.74) is 2.16. The first-order valence-electron chi connectivity index (χ1n) is 8.49. The van der Waals surface area contributed by atoms with Crippen LogP contribution in [0, 0.1) is 6.92 Å². The summed E-state index contributed by atoms with van der Waals surface area (Å²) in [6, 6.07) is 3.48. The topological polar surface area (TPSA) is 71.1 Å². The van der Waals surface area contributed by atoms with E-state index in [0.29, 0.717) is 30.3 Å². The van der Waals surface area contributed by atoms with Crippen molar-refractivity contribution in [2.75, 3.05) is 20.2 Å². The molecule has 0 aliphatic carbocycles. The van der Waals surface area contributed by atoms with Gasteiger partial charge in [-0.15, -0.1) is 0 Å². The molecule has 1 fully saturated rings. The van der Waals surface area contributed by atoms with Gasteiger partial charge in [0, 0.05) is 16.7 Å². The number of rotatable bonds is 3. The lowest BCUT2D eigenvalue weighted by molar-refractivity contribution is -0.113. The Labute approximate surface area is 154 Å². The van der Waals surface area contributed by atoms with E-state index in [-0.39, 0.29) is 12.6 Å². The maximum Gasteiger partial charge on any atom is 0.231 e. The minimum Gasteiger partial charge on any atom is -0.469 e. The quantitative estimate of drug-likeness (QED) is 0.598. The molecule has 6 heteroatoms. The Bertz CT molecular complexity index is 680. The van der Waals surface area contributed by atoms with Gasteiger partial charge in [0.15, 0.2) is 24.1 Å². The number of allylic oxidation sites excluding steroid dienone is 3. The second-order valence-electron chi connectivity index (χ2n) is 5.15. The smallest absolute Gasteiger partial charge is 0.231 e. The summed E-state index contributed by atoms with van der Waals surface area (Å²) in [5, 5.41) is 0. The molecule has 0 amide bonds. The van der Waals surface area contributed by atoms with Crippen LogP contribution in [0.25, 0.3) is 0 Å². The summed E-state index contributed by atoms with van der Waals surface area (Å²) in [6.07, 6.45) is 4.30. The molecule has 0 saturated carbocycles. The van der Waals surface area contributed by atoms with E-state index < -0.39 is 0 Å². The van der Waals surface area contributed by atoms with Gasteiger partial charge in [-0.2, -0.15) is 0 Å². The van der Waals surface area contributed by atoms with Gasteiger partial charge in [0.1, 0.15) is 18.7 Å². The monoisotopic (exact) mass is 362 g/mol. The molecule has 0 aromatic heterocycles. The summed E-state index contributed by atoms with van der Waals surface area (Å²) in [6.45, 7) is 10.2. The number of carbonyl (C=O) groups is 2. The lowest BCUT2D eigenvalue weighted by Gasteiger charge is -2.01. The molecule has 0 spiro atoms. The van der Waals surface area contributed by atoms with E-state index in [2.05, 4.69) is 0 Å². The fourth-order valence-electron chi connectivity index (χ4n) is 2.20. The van der Waals surface area contributed by atoms with Crippen LogP contribution >= 0.6 is 0 Å². The third-order valence-corrected chi connectivity index (χ3v) is 3.56. The maximum absolute atomic E-state index is 11.0. The van der Waals surface area contributed by atoms with Crippen LogP contribution in [-0.2, 0) is 14.3 Å². The summed E-state index contributed by atoms with van der Waals surface area (Å²) in [5.74, 6) is 2.18. The van der Waals surface area contributed by atoms with Gasteiger partial charge in [0.05, 0.1) is 0 Å². The Morgan fingerprint density at radius 3 is 2.38 bits per heavy atom. The molecular formula is C20H26O6. The third kappa shape index (κ3) is 5.74. The molecule has 26 heavy (non-hydrogen) atoms. The molecule has 0 unspecified atom stereocenters. The van der Waals surface area contributed by atoms with E-state index in [1.54, 1.807) is 24.3 Å². The summed E-state index contributed by atoms with van der Waals surface area (Å²) in [4.78, 5) is 21.5. The minimum atomic E-state index is 0.0421. The van der Waals surface area contributed by atoms with Crippen molar-refractivity contribution >= 4 is 12.1 Å². The highest BCUT2D eigenvalue weighted by atomic mass is 16.7. The minimum absolute atomic E-state index is 0.0421. The van der Waals surface area contributed by atoms with E-state index in [0.717, 1.165) is 23.4 Å². The van der Waals surface area contributed by atoms with Crippen LogP contribution in [0.2, 0.25) is 0 Å². The number of ketones is 1. The van der Waals surface area contributed by atoms with E-state index in [1.807, 2.05) is 27.7 Å². The molecule has 0 radical (unpaired) electrons. The van der Waals surface area contributed by atoms with Crippen LogP contribution in [0.5, 0.6) is 11.5 Å². The molecule has 0 atom stereocenters. The first kappa shape index (κ1) is 21.4. The van der Waals surface area contributed by atoms with E-state index in [4.69, 9.17) is 18.9 Å². The number of Topliss-reactive ketones (excluding diaryl/α,β-unsaturated/α-hetero) is 1. The van der Waals surface area contributed by atoms with Gasteiger partial charge in [-0.05, 0) is 39.0 Å². The fraction of sp³-hybridized carbons (Fsp3) is 0.400. The Hall–Kier alpha value is -2.60. The van der Waals surface area contributed by atoms with Crippen molar-refractivity contribution in [3.05, 3.63) is 46.7 Å². The largest absolute Gasteiger partial charge is 0.469 e. The van der Waals surface area contributed by atoms with Crippen LogP contribution < -0.4 is 9.47 Å². The molecule has 1 aromatic rings. The maximum atomic E-state index is 11.0. The van der Waals surface area contributed by atoms with Gasteiger partial charge >= 0.3 is 0 Å². The first-order chi connectivity index (χ1) is 12.6. The molecule has 142 valence electrons. The molecule has 1 saturated heterocycles. The molecule has 0 N–H and O–H groups in total. The number of ether oxygens (including phenoxy) is 4. The molecule has 3 rings (SSSR count). The van der Waals surface area contributed by atoms with E-state index >= 15 is 0 Å². The molecule has 2 heterocycles. The molecule has 6 nitrogen and oxygen atoms in total. The van der Waals surface area contributed by atoms with Crippen molar-refractivity contribution in [2.24, 2.45) is 0 Å². The predicted octanol–water partition coefficient (Wildman–Crippen LogP) is 3.97. The van der Waals surface area contributed by atoms with Crippen molar-refractivity contribution < 1.29 is 28.5 Å². The number of fused-ring (bicyclic) bond motifs is 1. The van der Waals surface area contributed by atoms with Gasteiger partial charge in [-0.1, -0.05) is 19.9 Å². The zero-order valence-corrected chi connectivity index (χ0v) is 16.0. The number of hydrogen-bond donors (Lipinski definition) is 0. The average molecular weight is 362 g/mol.